The Labute approximate surface area is 144 Å². The molecule has 0 heterocycles. The summed E-state index contributed by atoms with van der Waals surface area (Å²) in [6.07, 6.45) is -0.823. The van der Waals surface area contributed by atoms with E-state index >= 15 is 0 Å². The SMILES string of the molecule is COc1cc([N+](=O)[O-])ccc1NC(=O)[C@@H](C)Oc1ccccc1OC. The zero-order chi connectivity index (χ0) is 18.4. The Morgan fingerprint density at radius 2 is 1.72 bits per heavy atom. The Balaban J connectivity index is 2.12. The molecule has 132 valence electrons. The predicted molar refractivity (Wildman–Crippen MR) is 91.4 cm³/mol. The highest BCUT2D eigenvalue weighted by molar-refractivity contribution is 5.95. The molecule has 0 unspecified atom stereocenters. The van der Waals surface area contributed by atoms with Crippen LogP contribution in [0.5, 0.6) is 17.2 Å². The third kappa shape index (κ3) is 4.37. The monoisotopic (exact) mass is 346 g/mol. The first-order chi connectivity index (χ1) is 12.0. The second-order valence-corrected chi connectivity index (χ2v) is 5.04. The standard InChI is InChI=1S/C17H18N2O6/c1-11(25-15-7-5-4-6-14(15)23-2)17(20)18-13-9-8-12(19(21)22)10-16(13)24-3/h4-11H,1-3H3,(H,18,20)/t11-/m1/s1. The highest BCUT2D eigenvalue weighted by atomic mass is 16.6. The Kier molecular flexibility index (Phi) is 5.78. The van der Waals surface area contributed by atoms with Gasteiger partial charge in [0.25, 0.3) is 11.6 Å². The van der Waals surface area contributed by atoms with Crippen molar-refractivity contribution in [2.75, 3.05) is 19.5 Å². The first-order valence-corrected chi connectivity index (χ1v) is 7.39. The van der Waals surface area contributed by atoms with Gasteiger partial charge in [-0.15, -0.1) is 0 Å². The van der Waals surface area contributed by atoms with Crippen LogP contribution in [0, 0.1) is 10.1 Å². The van der Waals surface area contributed by atoms with E-state index in [1.54, 1.807) is 31.2 Å². The predicted octanol–water partition coefficient (Wildman–Crippen LogP) is 3.02. The number of para-hydroxylation sites is 2. The topological polar surface area (TPSA) is 99.9 Å². The number of hydrogen-bond acceptors (Lipinski definition) is 6. The molecule has 0 fully saturated rings. The van der Waals surface area contributed by atoms with E-state index in [1.165, 1.54) is 32.4 Å². The van der Waals surface area contributed by atoms with Crippen LogP contribution in [0.1, 0.15) is 6.92 Å². The van der Waals surface area contributed by atoms with Gasteiger partial charge < -0.3 is 19.5 Å². The zero-order valence-electron chi connectivity index (χ0n) is 14.0. The smallest absolute Gasteiger partial charge is 0.273 e. The van der Waals surface area contributed by atoms with Gasteiger partial charge in [-0.25, -0.2) is 0 Å². The highest BCUT2D eigenvalue weighted by Gasteiger charge is 2.19. The average Bonchev–Trinajstić information content (AvgIpc) is 2.62. The van der Waals surface area contributed by atoms with E-state index in [0.717, 1.165) is 0 Å². The summed E-state index contributed by atoms with van der Waals surface area (Å²) < 4.78 is 15.9. The molecule has 0 aliphatic carbocycles. The summed E-state index contributed by atoms with van der Waals surface area (Å²) in [4.78, 5) is 22.6. The Hall–Kier alpha value is -3.29. The molecule has 0 aliphatic rings. The fourth-order valence-corrected chi connectivity index (χ4v) is 2.09. The van der Waals surface area contributed by atoms with Crippen LogP contribution >= 0.6 is 0 Å². The van der Waals surface area contributed by atoms with Crippen LogP contribution in [0.15, 0.2) is 42.5 Å². The molecule has 0 aliphatic heterocycles. The van der Waals surface area contributed by atoms with Gasteiger partial charge in [-0.1, -0.05) is 12.1 Å². The fourth-order valence-electron chi connectivity index (χ4n) is 2.09. The van der Waals surface area contributed by atoms with Crippen molar-refractivity contribution in [1.29, 1.82) is 0 Å². The van der Waals surface area contributed by atoms with Crippen molar-refractivity contribution in [2.45, 2.75) is 13.0 Å². The average molecular weight is 346 g/mol. The summed E-state index contributed by atoms with van der Waals surface area (Å²) in [6.45, 7) is 1.58. The summed E-state index contributed by atoms with van der Waals surface area (Å²) >= 11 is 0. The number of carbonyl (C=O) groups excluding carboxylic acids is 1. The normalized spacial score (nSPS) is 11.3. The number of benzene rings is 2. The van der Waals surface area contributed by atoms with Crippen LogP contribution in [-0.4, -0.2) is 31.2 Å². The first kappa shape index (κ1) is 18.1. The second kappa shape index (κ2) is 8.00. The minimum Gasteiger partial charge on any atom is -0.494 e. The van der Waals surface area contributed by atoms with Crippen molar-refractivity contribution < 1.29 is 23.9 Å². The largest absolute Gasteiger partial charge is 0.494 e. The number of ether oxygens (including phenoxy) is 3. The molecule has 0 radical (unpaired) electrons. The van der Waals surface area contributed by atoms with Crippen molar-refractivity contribution in [3.05, 3.63) is 52.6 Å². The Morgan fingerprint density at radius 3 is 2.32 bits per heavy atom. The molecule has 8 nitrogen and oxygen atoms in total. The molecule has 0 saturated carbocycles. The number of methoxy groups -OCH3 is 2. The van der Waals surface area contributed by atoms with Gasteiger partial charge in [-0.2, -0.15) is 0 Å². The molecule has 1 atom stereocenters. The number of nitro benzene ring substituents is 1. The van der Waals surface area contributed by atoms with Crippen LogP contribution < -0.4 is 19.5 Å². The van der Waals surface area contributed by atoms with Crippen LogP contribution in [0.3, 0.4) is 0 Å². The number of rotatable bonds is 7. The van der Waals surface area contributed by atoms with E-state index in [-0.39, 0.29) is 11.4 Å². The van der Waals surface area contributed by atoms with Crippen molar-refractivity contribution in [3.8, 4) is 17.2 Å². The molecule has 1 amide bonds. The van der Waals surface area contributed by atoms with Crippen molar-refractivity contribution >= 4 is 17.3 Å². The van der Waals surface area contributed by atoms with Crippen LogP contribution in [0.2, 0.25) is 0 Å². The van der Waals surface area contributed by atoms with Gasteiger partial charge in [0.2, 0.25) is 0 Å². The van der Waals surface area contributed by atoms with Crippen molar-refractivity contribution in [3.63, 3.8) is 0 Å². The number of amides is 1. The van der Waals surface area contributed by atoms with Crippen LogP contribution in [-0.2, 0) is 4.79 Å². The summed E-state index contributed by atoms with van der Waals surface area (Å²) in [5.41, 5.74) is 0.182. The lowest BCUT2D eigenvalue weighted by molar-refractivity contribution is -0.384. The van der Waals surface area contributed by atoms with Gasteiger partial charge >= 0.3 is 0 Å². The maximum Gasteiger partial charge on any atom is 0.273 e. The lowest BCUT2D eigenvalue weighted by atomic mass is 10.2. The van der Waals surface area contributed by atoms with E-state index in [4.69, 9.17) is 14.2 Å². The number of nitro groups is 1. The summed E-state index contributed by atoms with van der Waals surface area (Å²) in [5.74, 6) is 0.698. The second-order valence-electron chi connectivity index (χ2n) is 5.04. The minimum absolute atomic E-state index is 0.131. The molecule has 0 saturated heterocycles. The van der Waals surface area contributed by atoms with E-state index in [0.29, 0.717) is 17.2 Å². The van der Waals surface area contributed by atoms with Gasteiger partial charge in [0, 0.05) is 6.07 Å². The lowest BCUT2D eigenvalue weighted by Crippen LogP contribution is -2.30. The molecular formula is C17H18N2O6. The third-order valence-electron chi connectivity index (χ3n) is 3.40. The van der Waals surface area contributed by atoms with Crippen LogP contribution in [0.4, 0.5) is 11.4 Å². The number of nitrogens with one attached hydrogen (secondary N) is 1. The summed E-state index contributed by atoms with van der Waals surface area (Å²) in [6, 6.07) is 10.9. The first-order valence-electron chi connectivity index (χ1n) is 7.39. The van der Waals surface area contributed by atoms with Gasteiger partial charge in [0.15, 0.2) is 17.6 Å². The molecule has 0 aromatic heterocycles. The fraction of sp³-hybridized carbons (Fsp3) is 0.235. The summed E-state index contributed by atoms with van der Waals surface area (Å²) in [7, 11) is 2.87. The molecule has 8 heteroatoms. The van der Waals surface area contributed by atoms with Gasteiger partial charge in [0.1, 0.15) is 5.75 Å². The molecule has 2 rings (SSSR count). The number of carbonyl (C=O) groups is 1. The number of non-ortho nitro benzene ring substituents is 1. The third-order valence-corrected chi connectivity index (χ3v) is 3.40. The quantitative estimate of drug-likeness (QED) is 0.611. The van der Waals surface area contributed by atoms with E-state index < -0.39 is 16.9 Å². The van der Waals surface area contributed by atoms with Crippen molar-refractivity contribution in [2.24, 2.45) is 0 Å². The van der Waals surface area contributed by atoms with Crippen molar-refractivity contribution in [1.82, 2.24) is 0 Å². The number of nitrogens with zero attached hydrogens (tertiary/aromatic N) is 1. The molecule has 0 spiro atoms. The van der Waals surface area contributed by atoms with Crippen LogP contribution in [0.25, 0.3) is 0 Å². The molecular weight excluding hydrogens is 328 g/mol. The minimum atomic E-state index is -0.823. The lowest BCUT2D eigenvalue weighted by Gasteiger charge is -2.17. The molecule has 25 heavy (non-hydrogen) atoms. The zero-order valence-corrected chi connectivity index (χ0v) is 14.0. The van der Waals surface area contributed by atoms with E-state index in [2.05, 4.69) is 5.32 Å². The Morgan fingerprint density at radius 1 is 1.08 bits per heavy atom. The van der Waals surface area contributed by atoms with E-state index in [9.17, 15) is 14.9 Å². The van der Waals surface area contributed by atoms with Gasteiger partial charge in [-0.3, -0.25) is 14.9 Å². The maximum absolute atomic E-state index is 12.3. The van der Waals surface area contributed by atoms with Gasteiger partial charge in [0.05, 0.1) is 30.9 Å². The number of hydrogen-bond donors (Lipinski definition) is 1. The number of anilines is 1. The summed E-state index contributed by atoms with van der Waals surface area (Å²) in [5, 5.41) is 13.4. The maximum atomic E-state index is 12.3. The Bertz CT molecular complexity index is 777. The molecule has 2 aromatic carbocycles. The molecule has 2 aromatic rings. The van der Waals surface area contributed by atoms with Gasteiger partial charge in [-0.05, 0) is 25.1 Å². The molecule has 0 bridgehead atoms. The highest BCUT2D eigenvalue weighted by Crippen LogP contribution is 2.30. The van der Waals surface area contributed by atoms with E-state index in [1.807, 2.05) is 0 Å². The molecule has 1 N–H and O–H groups in total.